The maximum Gasteiger partial charge on any atom is 0.409 e. The van der Waals surface area contributed by atoms with Gasteiger partial charge in [-0.15, -0.1) is 0 Å². The molecule has 0 N–H and O–H groups in total. The summed E-state index contributed by atoms with van der Waals surface area (Å²) < 4.78 is 37.4. The fourth-order valence-corrected chi connectivity index (χ4v) is 4.42. The molecule has 0 aliphatic carbocycles. The number of benzene rings is 1. The van der Waals surface area contributed by atoms with Crippen LogP contribution in [0.1, 0.15) is 18.4 Å². The van der Waals surface area contributed by atoms with E-state index in [-0.39, 0.29) is 30.7 Å². The van der Waals surface area contributed by atoms with Gasteiger partial charge in [0.05, 0.1) is 11.0 Å². The monoisotopic (exact) mass is 368 g/mol. The Morgan fingerprint density at radius 3 is 2.48 bits per heavy atom. The predicted octanol–water partition coefficient (Wildman–Crippen LogP) is 1.62. The summed E-state index contributed by atoms with van der Waals surface area (Å²) in [5, 5.41) is 0. The average molecular weight is 368 g/mol. The van der Waals surface area contributed by atoms with Gasteiger partial charge in [-0.1, -0.05) is 17.7 Å². The zero-order chi connectivity index (χ0) is 17.9. The molecular weight excluding hydrogens is 344 g/mol. The summed E-state index contributed by atoms with van der Waals surface area (Å²) in [4.78, 5) is 13.9. The van der Waals surface area contributed by atoms with Gasteiger partial charge >= 0.3 is 6.09 Å². The van der Waals surface area contributed by atoms with Crippen molar-refractivity contribution in [1.82, 2.24) is 9.21 Å². The number of carbonyl (C=O) groups excluding carboxylic acids is 1. The van der Waals surface area contributed by atoms with Crippen molar-refractivity contribution in [1.29, 1.82) is 0 Å². The van der Waals surface area contributed by atoms with Crippen molar-refractivity contribution < 1.29 is 22.7 Å². The van der Waals surface area contributed by atoms with E-state index in [0.29, 0.717) is 13.1 Å². The summed E-state index contributed by atoms with van der Waals surface area (Å²) in [5.41, 5.74) is 1.01. The van der Waals surface area contributed by atoms with Gasteiger partial charge in [0, 0.05) is 32.8 Å². The summed E-state index contributed by atoms with van der Waals surface area (Å²) >= 11 is 0. The molecular formula is C17H24N2O5S. The van der Waals surface area contributed by atoms with Gasteiger partial charge in [0.15, 0.2) is 0 Å². The standard InChI is InChI=1S/C17H24N2O5S/c1-14-4-6-16(7-5-14)25(21,22)19-10-8-18(9-11-19)17(20)24-13-15-3-2-12-23-15/h4-7,15H,2-3,8-13H2,1H3/t15-/m0/s1. The molecule has 0 radical (unpaired) electrons. The number of aryl methyl sites for hydroxylation is 1. The molecule has 1 amide bonds. The highest BCUT2D eigenvalue weighted by molar-refractivity contribution is 7.89. The van der Waals surface area contributed by atoms with Gasteiger partial charge in [0.1, 0.15) is 6.61 Å². The Kier molecular flexibility index (Phi) is 5.61. The Balaban J connectivity index is 1.52. The molecule has 2 saturated heterocycles. The molecule has 3 rings (SSSR count). The average Bonchev–Trinajstić information content (AvgIpc) is 3.14. The van der Waals surface area contributed by atoms with Crippen LogP contribution in [0.5, 0.6) is 0 Å². The van der Waals surface area contributed by atoms with E-state index in [1.165, 1.54) is 4.31 Å². The van der Waals surface area contributed by atoms with Crippen molar-refractivity contribution in [3.63, 3.8) is 0 Å². The Morgan fingerprint density at radius 1 is 1.20 bits per heavy atom. The van der Waals surface area contributed by atoms with Crippen molar-refractivity contribution in [3.8, 4) is 0 Å². The smallest absolute Gasteiger partial charge is 0.409 e. The number of hydrogen-bond acceptors (Lipinski definition) is 5. The van der Waals surface area contributed by atoms with E-state index in [9.17, 15) is 13.2 Å². The Hall–Kier alpha value is -1.64. The minimum atomic E-state index is -3.52. The SMILES string of the molecule is Cc1ccc(S(=O)(=O)N2CCN(C(=O)OC[C@@H]3CCCO3)CC2)cc1. The van der Waals surface area contributed by atoms with Crippen molar-refractivity contribution in [2.75, 3.05) is 39.4 Å². The molecule has 2 fully saturated rings. The van der Waals surface area contributed by atoms with E-state index in [0.717, 1.165) is 25.0 Å². The number of amides is 1. The highest BCUT2D eigenvalue weighted by Crippen LogP contribution is 2.19. The summed E-state index contributed by atoms with van der Waals surface area (Å²) in [5.74, 6) is 0. The first-order valence-electron chi connectivity index (χ1n) is 8.57. The topological polar surface area (TPSA) is 76.2 Å². The molecule has 0 bridgehead atoms. The second-order valence-electron chi connectivity index (χ2n) is 6.42. The van der Waals surface area contributed by atoms with Crippen LogP contribution in [0.2, 0.25) is 0 Å². The van der Waals surface area contributed by atoms with Gasteiger partial charge in [0.25, 0.3) is 0 Å². The first-order valence-corrected chi connectivity index (χ1v) is 10.0. The lowest BCUT2D eigenvalue weighted by Crippen LogP contribution is -2.50. The maximum absolute atomic E-state index is 12.6. The normalized spacial score (nSPS) is 22.1. The van der Waals surface area contributed by atoms with Crippen LogP contribution in [-0.4, -0.2) is 69.2 Å². The van der Waals surface area contributed by atoms with E-state index in [1.54, 1.807) is 29.2 Å². The van der Waals surface area contributed by atoms with Gasteiger partial charge in [-0.2, -0.15) is 4.31 Å². The quantitative estimate of drug-likeness (QED) is 0.807. The van der Waals surface area contributed by atoms with E-state index in [2.05, 4.69) is 0 Å². The van der Waals surface area contributed by atoms with Crippen molar-refractivity contribution in [2.45, 2.75) is 30.8 Å². The number of nitrogens with zero attached hydrogens (tertiary/aromatic N) is 2. The summed E-state index contributed by atoms with van der Waals surface area (Å²) in [6.45, 7) is 4.09. The number of sulfonamides is 1. The van der Waals surface area contributed by atoms with Gasteiger partial charge < -0.3 is 14.4 Å². The molecule has 25 heavy (non-hydrogen) atoms. The van der Waals surface area contributed by atoms with Gasteiger partial charge in [0.2, 0.25) is 10.0 Å². The van der Waals surface area contributed by atoms with Crippen LogP contribution in [0.4, 0.5) is 4.79 Å². The number of rotatable bonds is 4. The van der Waals surface area contributed by atoms with Crippen LogP contribution in [-0.2, 0) is 19.5 Å². The second kappa shape index (κ2) is 7.72. The fourth-order valence-electron chi connectivity index (χ4n) is 3.00. The van der Waals surface area contributed by atoms with Crippen LogP contribution < -0.4 is 0 Å². The van der Waals surface area contributed by atoms with Gasteiger partial charge in [-0.25, -0.2) is 13.2 Å². The highest BCUT2D eigenvalue weighted by Gasteiger charge is 2.31. The largest absolute Gasteiger partial charge is 0.447 e. The Bertz CT molecular complexity index is 690. The molecule has 2 aliphatic rings. The Labute approximate surface area is 148 Å². The molecule has 0 spiro atoms. The first kappa shape index (κ1) is 18.2. The molecule has 0 unspecified atom stereocenters. The zero-order valence-electron chi connectivity index (χ0n) is 14.4. The molecule has 0 saturated carbocycles. The van der Waals surface area contributed by atoms with Crippen LogP contribution in [0, 0.1) is 6.92 Å². The summed E-state index contributed by atoms with van der Waals surface area (Å²) in [6, 6.07) is 6.80. The lowest BCUT2D eigenvalue weighted by Gasteiger charge is -2.33. The first-order chi connectivity index (χ1) is 12.0. The molecule has 1 atom stereocenters. The third-order valence-corrected chi connectivity index (χ3v) is 6.49. The van der Waals surface area contributed by atoms with Gasteiger partial charge in [-0.05, 0) is 31.9 Å². The molecule has 1 aromatic rings. The fraction of sp³-hybridized carbons (Fsp3) is 0.588. The van der Waals surface area contributed by atoms with E-state index < -0.39 is 16.1 Å². The molecule has 7 nitrogen and oxygen atoms in total. The Morgan fingerprint density at radius 2 is 1.88 bits per heavy atom. The van der Waals surface area contributed by atoms with Crippen LogP contribution in [0.3, 0.4) is 0 Å². The highest BCUT2D eigenvalue weighted by atomic mass is 32.2. The minimum absolute atomic E-state index is 0.00726. The molecule has 2 aliphatic heterocycles. The molecule has 2 heterocycles. The number of hydrogen-bond donors (Lipinski definition) is 0. The second-order valence-corrected chi connectivity index (χ2v) is 8.35. The van der Waals surface area contributed by atoms with Gasteiger partial charge in [-0.3, -0.25) is 0 Å². The number of piperazine rings is 1. The van der Waals surface area contributed by atoms with Crippen molar-refractivity contribution in [3.05, 3.63) is 29.8 Å². The molecule has 138 valence electrons. The molecule has 8 heteroatoms. The third kappa shape index (κ3) is 4.31. The lowest BCUT2D eigenvalue weighted by atomic mass is 10.2. The predicted molar refractivity (Wildman–Crippen MR) is 91.8 cm³/mol. The summed E-state index contributed by atoms with van der Waals surface area (Å²) in [6.07, 6.45) is 1.50. The molecule has 1 aromatic carbocycles. The summed E-state index contributed by atoms with van der Waals surface area (Å²) in [7, 11) is -3.52. The van der Waals surface area contributed by atoms with E-state index in [4.69, 9.17) is 9.47 Å². The van der Waals surface area contributed by atoms with Crippen LogP contribution in [0.25, 0.3) is 0 Å². The maximum atomic E-state index is 12.6. The van der Waals surface area contributed by atoms with E-state index >= 15 is 0 Å². The minimum Gasteiger partial charge on any atom is -0.447 e. The number of ether oxygens (including phenoxy) is 2. The zero-order valence-corrected chi connectivity index (χ0v) is 15.2. The van der Waals surface area contributed by atoms with Crippen LogP contribution in [0.15, 0.2) is 29.2 Å². The van der Waals surface area contributed by atoms with Crippen molar-refractivity contribution in [2.24, 2.45) is 0 Å². The number of carbonyl (C=O) groups is 1. The van der Waals surface area contributed by atoms with Crippen LogP contribution >= 0.6 is 0 Å². The lowest BCUT2D eigenvalue weighted by molar-refractivity contribution is 0.0264. The van der Waals surface area contributed by atoms with Crippen molar-refractivity contribution >= 4 is 16.1 Å². The third-order valence-electron chi connectivity index (χ3n) is 4.57. The van der Waals surface area contributed by atoms with E-state index in [1.807, 2.05) is 6.92 Å². The molecule has 0 aromatic heterocycles.